The zero-order chi connectivity index (χ0) is 31.3. The Morgan fingerprint density at radius 2 is 1.88 bits per heavy atom. The molecule has 1 fully saturated rings. The molecule has 236 valence electrons. The summed E-state index contributed by atoms with van der Waals surface area (Å²) in [5.41, 5.74) is 2.97. The van der Waals surface area contributed by atoms with E-state index in [1.807, 2.05) is 23.1 Å². The van der Waals surface area contributed by atoms with Crippen LogP contribution in [0, 0.1) is 18.7 Å². The summed E-state index contributed by atoms with van der Waals surface area (Å²) in [6, 6.07) is 9.80. The monoisotopic (exact) mass is 617 g/mol. The average molecular weight is 618 g/mol. The number of halogens is 1. The number of amides is 1. The minimum absolute atomic E-state index is 0.0434. The lowest BCUT2D eigenvalue weighted by Crippen LogP contribution is -2.48. The van der Waals surface area contributed by atoms with Crippen LogP contribution in [0.5, 0.6) is 5.75 Å². The van der Waals surface area contributed by atoms with Crippen molar-refractivity contribution in [2.45, 2.75) is 77.3 Å². The van der Waals surface area contributed by atoms with Gasteiger partial charge in [-0.15, -0.1) is 0 Å². The molecule has 3 atom stereocenters. The molecule has 0 saturated carbocycles. The van der Waals surface area contributed by atoms with Gasteiger partial charge in [0, 0.05) is 43.2 Å². The molecule has 0 bridgehead atoms. The number of ether oxygens (including phenoxy) is 1. The Balaban J connectivity index is 1.69. The summed E-state index contributed by atoms with van der Waals surface area (Å²) in [5, 5.41) is 10.5. The van der Waals surface area contributed by atoms with Crippen LogP contribution < -0.4 is 14.4 Å². The van der Waals surface area contributed by atoms with Crippen molar-refractivity contribution in [2.24, 2.45) is 5.92 Å². The highest BCUT2D eigenvalue weighted by Gasteiger charge is 2.47. The van der Waals surface area contributed by atoms with Gasteiger partial charge in [0.1, 0.15) is 11.6 Å². The smallest absolute Gasteiger partial charge is 0.308 e. The third-order valence-electron chi connectivity index (χ3n) is 8.62. The minimum Gasteiger partial charge on any atom is -0.493 e. The van der Waals surface area contributed by atoms with E-state index >= 15 is 0 Å². The van der Waals surface area contributed by atoms with Gasteiger partial charge in [0.25, 0.3) is 0 Å². The molecule has 0 radical (unpaired) electrons. The summed E-state index contributed by atoms with van der Waals surface area (Å²) in [5.74, 6) is -1.96. The minimum atomic E-state index is -3.48. The number of anilines is 1. The largest absolute Gasteiger partial charge is 0.493 e. The Hall–Kier alpha value is -3.02. The second kappa shape index (κ2) is 14.2. The van der Waals surface area contributed by atoms with Crippen molar-refractivity contribution in [3.63, 3.8) is 0 Å². The molecular weight excluding hydrogens is 573 g/mol. The van der Waals surface area contributed by atoms with Gasteiger partial charge >= 0.3 is 5.97 Å². The zero-order valence-electron chi connectivity index (χ0n) is 25.5. The van der Waals surface area contributed by atoms with Gasteiger partial charge in [0.2, 0.25) is 15.9 Å². The molecule has 0 spiro atoms. The Morgan fingerprint density at radius 1 is 1.16 bits per heavy atom. The quantitative estimate of drug-likeness (QED) is 0.321. The Labute approximate surface area is 254 Å². The number of nitrogens with one attached hydrogen (secondary N) is 1. The number of carboxylic acid groups (broad SMARTS) is 1. The summed E-state index contributed by atoms with van der Waals surface area (Å²) in [4.78, 5) is 30.7. The van der Waals surface area contributed by atoms with Crippen LogP contribution in [0.4, 0.5) is 10.1 Å². The molecule has 1 saturated heterocycles. The van der Waals surface area contributed by atoms with Crippen LogP contribution in [-0.4, -0.2) is 74.9 Å². The number of carbonyl (C=O) groups excluding carboxylic acids is 1. The third-order valence-corrected chi connectivity index (χ3v) is 9.34. The van der Waals surface area contributed by atoms with Crippen LogP contribution in [-0.2, 0) is 26.0 Å². The molecule has 1 amide bonds. The van der Waals surface area contributed by atoms with Crippen molar-refractivity contribution in [2.75, 3.05) is 37.4 Å². The molecule has 0 aliphatic carbocycles. The maximum atomic E-state index is 14.3. The van der Waals surface area contributed by atoms with E-state index in [0.29, 0.717) is 24.4 Å². The molecule has 2 N–H and O–H groups in total. The number of likely N-dealkylation sites (tertiary alicyclic amines) is 1. The molecule has 43 heavy (non-hydrogen) atoms. The highest BCUT2D eigenvalue weighted by Crippen LogP contribution is 2.41. The van der Waals surface area contributed by atoms with Crippen LogP contribution in [0.1, 0.15) is 68.6 Å². The zero-order valence-corrected chi connectivity index (χ0v) is 26.3. The first-order chi connectivity index (χ1) is 20.4. The van der Waals surface area contributed by atoms with Crippen molar-refractivity contribution >= 4 is 27.6 Å². The van der Waals surface area contributed by atoms with E-state index in [1.54, 1.807) is 24.0 Å². The van der Waals surface area contributed by atoms with Crippen LogP contribution in [0.3, 0.4) is 0 Å². The number of fused-ring (bicyclic) bond motifs is 1. The van der Waals surface area contributed by atoms with Gasteiger partial charge in [-0.05, 0) is 67.1 Å². The number of carbonyl (C=O) groups is 2. The fraction of sp³-hybridized carbons (Fsp3) is 0.562. The fourth-order valence-electron chi connectivity index (χ4n) is 6.68. The Morgan fingerprint density at radius 3 is 2.51 bits per heavy atom. The summed E-state index contributed by atoms with van der Waals surface area (Å²) in [7, 11) is -3.48. The highest BCUT2D eigenvalue weighted by atomic mass is 32.2. The van der Waals surface area contributed by atoms with E-state index in [2.05, 4.69) is 18.6 Å². The van der Waals surface area contributed by atoms with Crippen LogP contribution in [0.15, 0.2) is 36.4 Å². The molecule has 2 aliphatic heterocycles. The van der Waals surface area contributed by atoms with E-state index in [9.17, 15) is 27.5 Å². The predicted molar refractivity (Wildman–Crippen MR) is 165 cm³/mol. The van der Waals surface area contributed by atoms with Gasteiger partial charge in [-0.2, -0.15) is 0 Å². The Bertz CT molecular complexity index is 1410. The van der Waals surface area contributed by atoms with Crippen molar-refractivity contribution < 1.29 is 32.2 Å². The van der Waals surface area contributed by atoms with E-state index < -0.39 is 33.9 Å². The number of hydrogen-bond acceptors (Lipinski definition) is 6. The summed E-state index contributed by atoms with van der Waals surface area (Å²) >= 11 is 0. The molecule has 0 unspecified atom stereocenters. The SMILES string of the molecule is CCCC(CCC)N(C(=O)CN1C[C@H](c2ccc3c(c2)CCO3)[C@@H](C(=O)O)[C@@H]1CCNS(C)(=O)=O)c1ccc(F)c(C)c1. The number of aliphatic carboxylic acids is 1. The number of rotatable bonds is 14. The van der Waals surface area contributed by atoms with Gasteiger partial charge in [-0.1, -0.05) is 38.8 Å². The first-order valence-corrected chi connectivity index (χ1v) is 17.1. The molecule has 2 aromatic rings. The van der Waals surface area contributed by atoms with Gasteiger partial charge in [0.15, 0.2) is 0 Å². The summed E-state index contributed by atoms with van der Waals surface area (Å²) in [6.07, 6.45) is 5.32. The van der Waals surface area contributed by atoms with Crippen molar-refractivity contribution in [1.29, 1.82) is 0 Å². The van der Waals surface area contributed by atoms with Crippen LogP contribution >= 0.6 is 0 Å². The lowest BCUT2D eigenvalue weighted by molar-refractivity contribution is -0.143. The summed E-state index contributed by atoms with van der Waals surface area (Å²) < 4.78 is 46.0. The van der Waals surface area contributed by atoms with Gasteiger partial charge in [0.05, 0.1) is 25.3 Å². The molecule has 11 heteroatoms. The highest BCUT2D eigenvalue weighted by molar-refractivity contribution is 7.88. The van der Waals surface area contributed by atoms with Gasteiger partial charge in [-0.3, -0.25) is 14.5 Å². The van der Waals surface area contributed by atoms with E-state index in [1.165, 1.54) is 6.07 Å². The molecule has 2 aliphatic rings. The number of carboxylic acids is 1. The number of sulfonamides is 1. The molecule has 0 aromatic heterocycles. The van der Waals surface area contributed by atoms with Crippen molar-refractivity contribution in [3.05, 3.63) is 58.9 Å². The number of benzene rings is 2. The van der Waals surface area contributed by atoms with E-state index in [0.717, 1.165) is 55.2 Å². The van der Waals surface area contributed by atoms with E-state index in [-0.39, 0.29) is 37.3 Å². The van der Waals surface area contributed by atoms with Gasteiger partial charge in [-0.25, -0.2) is 17.5 Å². The average Bonchev–Trinajstić information content (AvgIpc) is 3.55. The number of nitrogens with zero attached hydrogens (tertiary/aromatic N) is 2. The lowest BCUT2D eigenvalue weighted by atomic mass is 9.83. The third kappa shape index (κ3) is 7.93. The number of hydrogen-bond donors (Lipinski definition) is 2. The second-order valence-corrected chi connectivity index (χ2v) is 13.6. The maximum absolute atomic E-state index is 14.3. The van der Waals surface area contributed by atoms with Crippen molar-refractivity contribution in [1.82, 2.24) is 9.62 Å². The predicted octanol–water partition coefficient (Wildman–Crippen LogP) is 4.48. The number of aryl methyl sites for hydroxylation is 1. The molecular formula is C32H44FN3O6S. The molecule has 2 aromatic carbocycles. The van der Waals surface area contributed by atoms with Gasteiger partial charge < -0.3 is 14.7 Å². The molecule has 9 nitrogen and oxygen atoms in total. The first kappa shape index (κ1) is 32.9. The summed E-state index contributed by atoms with van der Waals surface area (Å²) in [6.45, 7) is 6.73. The first-order valence-electron chi connectivity index (χ1n) is 15.2. The van der Waals surface area contributed by atoms with Crippen molar-refractivity contribution in [3.8, 4) is 5.75 Å². The topological polar surface area (TPSA) is 116 Å². The Kier molecular flexibility index (Phi) is 10.8. The second-order valence-electron chi connectivity index (χ2n) is 11.8. The van der Waals surface area contributed by atoms with E-state index in [4.69, 9.17) is 4.74 Å². The maximum Gasteiger partial charge on any atom is 0.308 e. The molecule has 2 heterocycles. The normalized spacial score (nSPS) is 20.3. The lowest BCUT2D eigenvalue weighted by Gasteiger charge is -2.35. The standard InChI is InChI=1S/C32H44FN3O6S/c1-5-7-24(8-6-2)36(25-10-11-27(33)21(3)17-25)30(37)20-35-19-26(22-9-12-29-23(18-22)14-16-42-29)31(32(38)39)28(35)13-15-34-43(4,40)41/h9-12,17-18,24,26,28,31,34H,5-8,13-16,19-20H2,1-4H3,(H,38,39)/t26-,28+,31-/m1/s1. The fourth-order valence-corrected chi connectivity index (χ4v) is 7.16. The van der Waals surface area contributed by atoms with Crippen LogP contribution in [0.2, 0.25) is 0 Å². The van der Waals surface area contributed by atoms with Crippen LogP contribution in [0.25, 0.3) is 0 Å². The molecule has 4 rings (SSSR count).